The molecular weight excluding hydrogens is 437 g/mol. The predicted molar refractivity (Wildman–Crippen MR) is 123 cm³/mol. The summed E-state index contributed by atoms with van der Waals surface area (Å²) in [6.07, 6.45) is 3.25. The van der Waals surface area contributed by atoms with Crippen LogP contribution >= 0.6 is 0 Å². The molecule has 169 valence electrons. The fourth-order valence-electron chi connectivity index (χ4n) is 3.60. The number of fused-ring (bicyclic) bond motifs is 1. The number of aliphatic hydroxyl groups excluding tert-OH is 1. The third-order valence-corrected chi connectivity index (χ3v) is 5.07. The van der Waals surface area contributed by atoms with Crippen molar-refractivity contribution in [3.05, 3.63) is 65.4 Å². The maximum absolute atomic E-state index is 8.84. The van der Waals surface area contributed by atoms with Gasteiger partial charge in [0.2, 0.25) is 5.90 Å². The number of hydrogen-bond acceptors (Lipinski definition) is 5. The number of likely N-dealkylation sites (N-methyl/N-ethyl adjacent to an activating group) is 1. The van der Waals surface area contributed by atoms with Crippen molar-refractivity contribution in [3.8, 4) is 11.5 Å². The number of nitrogens with one attached hydrogen (secondary N) is 2. The van der Waals surface area contributed by atoms with Crippen molar-refractivity contribution < 1.29 is 31.4 Å². The van der Waals surface area contributed by atoms with Gasteiger partial charge in [0.1, 0.15) is 11.5 Å². The molecule has 0 saturated carbocycles. The molecule has 0 saturated heterocycles. The number of aliphatic hydroxyl groups is 1. The van der Waals surface area contributed by atoms with Gasteiger partial charge in [-0.25, -0.2) is 0 Å². The molecule has 1 heterocycles. The van der Waals surface area contributed by atoms with E-state index in [4.69, 9.17) is 25.4 Å². The number of nitrogens with zero attached hydrogens (tertiary/aromatic N) is 1. The summed E-state index contributed by atoms with van der Waals surface area (Å²) in [5, 5.41) is 23.2. The van der Waals surface area contributed by atoms with E-state index in [1.165, 1.54) is 23.2 Å². The van der Waals surface area contributed by atoms with Crippen LogP contribution in [0.5, 0.6) is 11.5 Å². The van der Waals surface area contributed by atoms with E-state index in [-0.39, 0.29) is 22.2 Å². The molecule has 0 unspecified atom stereocenters. The Morgan fingerprint density at radius 2 is 1.84 bits per heavy atom. The minimum Gasteiger partial charge on any atom is -0.497 e. The second-order valence-corrected chi connectivity index (χ2v) is 7.28. The van der Waals surface area contributed by atoms with Crippen molar-refractivity contribution in [2.45, 2.75) is 33.1 Å². The van der Waals surface area contributed by atoms with E-state index in [2.05, 4.69) is 37.8 Å². The normalized spacial score (nSPS) is 14.6. The van der Waals surface area contributed by atoms with Crippen molar-refractivity contribution in [3.63, 3.8) is 0 Å². The van der Waals surface area contributed by atoms with Gasteiger partial charge in [0, 0.05) is 51.9 Å². The van der Waals surface area contributed by atoms with Crippen LogP contribution in [0.15, 0.2) is 54.2 Å². The van der Waals surface area contributed by atoms with Gasteiger partial charge >= 0.3 is 0 Å². The van der Waals surface area contributed by atoms with Crippen LogP contribution in [0.3, 0.4) is 0 Å². The molecule has 0 bridgehead atoms. The predicted octanol–water partition coefficient (Wildman–Crippen LogP) is 5.31. The summed E-state index contributed by atoms with van der Waals surface area (Å²) < 4.78 is 10.5. The van der Waals surface area contributed by atoms with Crippen LogP contribution in [-0.2, 0) is 22.2 Å². The zero-order valence-corrected chi connectivity index (χ0v) is 19.7. The van der Waals surface area contributed by atoms with Gasteiger partial charge in [-0.3, -0.25) is 5.41 Å². The average Bonchev–Trinajstić information content (AvgIpc) is 2.95. The van der Waals surface area contributed by atoms with E-state index in [1.807, 2.05) is 19.1 Å². The molecule has 3 rings (SSSR count). The monoisotopic (exact) mass is 468 g/mol. The molecule has 0 amide bonds. The molecule has 0 aliphatic carbocycles. The van der Waals surface area contributed by atoms with Crippen LogP contribution in [0.25, 0.3) is 0 Å². The number of anilines is 1. The number of ether oxygens (including phenoxy) is 2. The van der Waals surface area contributed by atoms with E-state index in [0.717, 1.165) is 12.3 Å². The molecular formula is C24H31CoN3O3. The van der Waals surface area contributed by atoms with E-state index < -0.39 is 5.90 Å². The van der Waals surface area contributed by atoms with Gasteiger partial charge in [-0.1, -0.05) is 19.9 Å². The summed E-state index contributed by atoms with van der Waals surface area (Å²) in [5.74, 6) is 1.12. The zero-order valence-electron chi connectivity index (χ0n) is 18.7. The van der Waals surface area contributed by atoms with Crippen molar-refractivity contribution in [2.75, 3.05) is 25.2 Å². The minimum atomic E-state index is -0.434. The van der Waals surface area contributed by atoms with Crippen molar-refractivity contribution in [1.29, 1.82) is 10.8 Å². The van der Waals surface area contributed by atoms with Gasteiger partial charge in [0.05, 0.1) is 13.7 Å². The Labute approximate surface area is 195 Å². The quantitative estimate of drug-likeness (QED) is 0.396. The Hall–Kier alpha value is -2.77. The molecule has 0 fully saturated rings. The minimum absolute atomic E-state index is 0. The molecule has 1 aliphatic heterocycles. The van der Waals surface area contributed by atoms with Crippen LogP contribution in [-0.4, -0.2) is 37.5 Å². The first-order chi connectivity index (χ1) is 14.3. The SMILES string of the molecule is CCN1/C(=C\C=N)C(C)(C)c2cc(OC)ccc21.CCOc1cccc(C(=N)O)c1.[Co]. The van der Waals surface area contributed by atoms with Gasteiger partial charge in [-0.2, -0.15) is 0 Å². The Balaban J connectivity index is 0.000000324. The van der Waals surface area contributed by atoms with Crippen molar-refractivity contribution >= 4 is 17.8 Å². The Morgan fingerprint density at radius 1 is 1.13 bits per heavy atom. The van der Waals surface area contributed by atoms with Crippen LogP contribution < -0.4 is 14.4 Å². The summed E-state index contributed by atoms with van der Waals surface area (Å²) in [5.41, 5.74) is 4.04. The number of benzene rings is 2. The van der Waals surface area contributed by atoms with Crippen molar-refractivity contribution in [1.82, 2.24) is 0 Å². The summed E-state index contributed by atoms with van der Waals surface area (Å²) in [4.78, 5) is 2.26. The molecule has 0 aromatic heterocycles. The van der Waals surface area contributed by atoms with Gasteiger partial charge < -0.3 is 24.9 Å². The van der Waals surface area contributed by atoms with Crippen molar-refractivity contribution in [2.24, 2.45) is 0 Å². The standard InChI is InChI=1S/C15H20N2O.C9H11NO2.Co/c1-5-17-13-7-6-11(18-4)10-12(13)15(2,3)14(17)8-9-16;1-2-12-8-5-3-4-7(6-8)9(10)11;/h6-10,16H,5H2,1-4H3;3-6H,2H2,1H3,(H2,10,11);/b14-8-,16-9?;;. The maximum atomic E-state index is 8.84. The summed E-state index contributed by atoms with van der Waals surface area (Å²) >= 11 is 0. The Morgan fingerprint density at radius 3 is 2.39 bits per heavy atom. The number of allylic oxidation sites excluding steroid dienone is 2. The first kappa shape index (κ1) is 26.3. The van der Waals surface area contributed by atoms with E-state index >= 15 is 0 Å². The average molecular weight is 468 g/mol. The molecule has 1 radical (unpaired) electrons. The topological polar surface area (TPSA) is 89.6 Å². The van der Waals surface area contributed by atoms with Gasteiger partial charge in [-0.15, -0.1) is 0 Å². The van der Waals surface area contributed by atoms with Crippen LogP contribution in [0.2, 0.25) is 0 Å². The van der Waals surface area contributed by atoms with Crippen LogP contribution in [0.4, 0.5) is 5.69 Å². The van der Waals surface area contributed by atoms with E-state index in [1.54, 1.807) is 31.4 Å². The van der Waals surface area contributed by atoms with Gasteiger partial charge in [0.25, 0.3) is 0 Å². The summed E-state index contributed by atoms with van der Waals surface area (Å²) in [7, 11) is 1.69. The number of rotatable bonds is 6. The summed E-state index contributed by atoms with van der Waals surface area (Å²) in [6, 6.07) is 13.0. The molecule has 2 aromatic rings. The van der Waals surface area contributed by atoms with Crippen LogP contribution in [0, 0.1) is 10.8 Å². The number of hydrogen-bond donors (Lipinski definition) is 3. The number of methoxy groups -OCH3 is 1. The molecule has 6 nitrogen and oxygen atoms in total. The third-order valence-electron chi connectivity index (χ3n) is 5.07. The largest absolute Gasteiger partial charge is 0.497 e. The first-order valence-electron chi connectivity index (χ1n) is 9.98. The molecule has 2 aromatic carbocycles. The van der Waals surface area contributed by atoms with E-state index in [9.17, 15) is 0 Å². The Kier molecular flexibility index (Phi) is 9.80. The molecule has 0 spiro atoms. The molecule has 1 aliphatic rings. The smallest absolute Gasteiger partial charge is 0.210 e. The van der Waals surface area contributed by atoms with Gasteiger partial charge in [0.15, 0.2) is 0 Å². The van der Waals surface area contributed by atoms with Crippen LogP contribution in [0.1, 0.15) is 38.8 Å². The molecule has 7 heteroatoms. The summed E-state index contributed by atoms with van der Waals surface area (Å²) in [6.45, 7) is 9.89. The molecule has 0 atom stereocenters. The fourth-order valence-corrected chi connectivity index (χ4v) is 3.60. The second-order valence-electron chi connectivity index (χ2n) is 7.28. The first-order valence-corrected chi connectivity index (χ1v) is 9.98. The van der Waals surface area contributed by atoms with E-state index in [0.29, 0.717) is 17.9 Å². The second kappa shape index (κ2) is 11.6. The zero-order chi connectivity index (χ0) is 22.3. The third kappa shape index (κ3) is 5.89. The Bertz CT molecular complexity index is 941. The van der Waals surface area contributed by atoms with Gasteiger partial charge in [-0.05, 0) is 61.9 Å². The maximum Gasteiger partial charge on any atom is 0.210 e. The molecule has 31 heavy (non-hydrogen) atoms. The fraction of sp³-hybridized carbons (Fsp3) is 0.333. The molecule has 3 N–H and O–H groups in total.